The van der Waals surface area contributed by atoms with E-state index in [1.807, 2.05) is 12.1 Å². The van der Waals surface area contributed by atoms with E-state index in [1.165, 1.54) is 15.2 Å². The van der Waals surface area contributed by atoms with E-state index >= 15 is 0 Å². The van der Waals surface area contributed by atoms with Crippen LogP contribution in [0.4, 0.5) is 5.69 Å². The third-order valence-electron chi connectivity index (χ3n) is 5.29. The average Bonchev–Trinajstić information content (AvgIpc) is 3.15. The average molecular weight is 347 g/mol. The number of anilines is 1. The fourth-order valence-electron chi connectivity index (χ4n) is 4.09. The Hall–Kier alpha value is -1.53. The Morgan fingerprint density at radius 1 is 1.25 bits per heavy atom. The minimum Gasteiger partial charge on any atom is -0.365 e. The second-order valence-corrected chi connectivity index (χ2v) is 8.86. The number of nitrogens with one attached hydrogen (secondary N) is 1. The number of hydrogen-bond acceptors (Lipinski definition) is 4. The molecule has 5 nitrogen and oxygen atoms in total. The summed E-state index contributed by atoms with van der Waals surface area (Å²) in [6, 6.07) is 6.59. The van der Waals surface area contributed by atoms with Gasteiger partial charge >= 0.3 is 0 Å². The highest BCUT2D eigenvalue weighted by atomic mass is 32.2. The molecule has 2 aliphatic rings. The number of fused-ring (bicyclic) bond motifs is 5. The molecule has 24 heavy (non-hydrogen) atoms. The summed E-state index contributed by atoms with van der Waals surface area (Å²) in [6.07, 6.45) is 5.49. The topological polar surface area (TPSA) is 54.3 Å². The zero-order valence-electron chi connectivity index (χ0n) is 14.2. The van der Waals surface area contributed by atoms with Crippen LogP contribution >= 0.6 is 0 Å². The molecule has 1 aromatic carbocycles. The van der Waals surface area contributed by atoms with Crippen LogP contribution in [0.25, 0.3) is 10.9 Å². The molecule has 1 saturated heterocycles. The lowest BCUT2D eigenvalue weighted by Crippen LogP contribution is -2.49. The van der Waals surface area contributed by atoms with Crippen molar-refractivity contribution in [3.8, 4) is 0 Å². The molecule has 0 saturated carbocycles. The molecule has 130 valence electrons. The number of benzene rings is 1. The van der Waals surface area contributed by atoms with Crippen molar-refractivity contribution < 1.29 is 8.42 Å². The number of unbranched alkanes of at least 4 members (excludes halogenated alkanes) is 2. The van der Waals surface area contributed by atoms with Crippen molar-refractivity contribution in [2.45, 2.75) is 38.6 Å². The Kier molecular flexibility index (Phi) is 4.04. The van der Waals surface area contributed by atoms with Crippen LogP contribution in [0.2, 0.25) is 0 Å². The molecule has 2 aliphatic heterocycles. The SMILES string of the molecule is CCCCCS(=O)(=O)n1ccc2c3c(ccc21)CC1CNCCN31. The standard InChI is InChI=1S/C18H25N3O2S/c1-2-3-4-11-24(22,23)21-9-7-16-17(21)6-5-14-12-15-13-19-8-10-20(15)18(14)16/h5-7,9,15,19H,2-4,8,10-13H2,1H3. The second kappa shape index (κ2) is 6.08. The van der Waals surface area contributed by atoms with Gasteiger partial charge in [0.2, 0.25) is 10.0 Å². The summed E-state index contributed by atoms with van der Waals surface area (Å²) < 4.78 is 26.9. The number of hydrogen-bond donors (Lipinski definition) is 1. The van der Waals surface area contributed by atoms with Crippen LogP contribution in [0.1, 0.15) is 31.7 Å². The van der Waals surface area contributed by atoms with Gasteiger partial charge < -0.3 is 10.2 Å². The van der Waals surface area contributed by atoms with Crippen LogP contribution < -0.4 is 10.2 Å². The smallest absolute Gasteiger partial charge is 0.238 e. The summed E-state index contributed by atoms with van der Waals surface area (Å²) in [5.74, 6) is 0.220. The lowest BCUT2D eigenvalue weighted by molar-refractivity contribution is 0.495. The highest BCUT2D eigenvalue weighted by molar-refractivity contribution is 7.90. The van der Waals surface area contributed by atoms with E-state index in [0.29, 0.717) is 6.04 Å². The summed E-state index contributed by atoms with van der Waals surface area (Å²) in [5.41, 5.74) is 3.42. The van der Waals surface area contributed by atoms with Crippen LogP contribution in [-0.2, 0) is 16.4 Å². The number of nitrogens with zero attached hydrogens (tertiary/aromatic N) is 2. The van der Waals surface area contributed by atoms with Gasteiger partial charge in [-0.1, -0.05) is 25.8 Å². The van der Waals surface area contributed by atoms with Crippen molar-refractivity contribution in [2.24, 2.45) is 0 Å². The third kappa shape index (κ3) is 2.52. The maximum absolute atomic E-state index is 12.7. The summed E-state index contributed by atoms with van der Waals surface area (Å²) in [6.45, 7) is 5.07. The number of rotatable bonds is 5. The Bertz CT molecular complexity index is 857. The molecule has 0 amide bonds. The summed E-state index contributed by atoms with van der Waals surface area (Å²) in [5, 5.41) is 4.53. The normalized spacial score (nSPS) is 20.4. The van der Waals surface area contributed by atoms with Crippen molar-refractivity contribution in [3.63, 3.8) is 0 Å². The molecule has 0 spiro atoms. The predicted octanol–water partition coefficient (Wildman–Crippen LogP) is 2.34. The highest BCUT2D eigenvalue weighted by Gasteiger charge is 2.33. The van der Waals surface area contributed by atoms with Crippen molar-refractivity contribution in [1.29, 1.82) is 0 Å². The van der Waals surface area contributed by atoms with Crippen molar-refractivity contribution >= 4 is 26.6 Å². The fraction of sp³-hybridized carbons (Fsp3) is 0.556. The lowest BCUT2D eigenvalue weighted by atomic mass is 10.1. The van der Waals surface area contributed by atoms with Crippen LogP contribution in [0.3, 0.4) is 0 Å². The first-order valence-corrected chi connectivity index (χ1v) is 10.6. The zero-order valence-corrected chi connectivity index (χ0v) is 15.0. The van der Waals surface area contributed by atoms with E-state index in [-0.39, 0.29) is 5.75 Å². The Labute approximate surface area is 143 Å². The molecule has 2 aromatic rings. The van der Waals surface area contributed by atoms with E-state index < -0.39 is 10.0 Å². The van der Waals surface area contributed by atoms with Crippen LogP contribution in [0, 0.1) is 0 Å². The molecule has 1 atom stereocenters. The molecule has 0 aliphatic carbocycles. The first kappa shape index (κ1) is 16.0. The molecule has 1 N–H and O–H groups in total. The van der Waals surface area contributed by atoms with Gasteiger partial charge in [0.05, 0.1) is 11.3 Å². The maximum Gasteiger partial charge on any atom is 0.238 e. The molecule has 3 heterocycles. The minimum atomic E-state index is -3.28. The Morgan fingerprint density at radius 2 is 2.12 bits per heavy atom. The summed E-state index contributed by atoms with van der Waals surface area (Å²) >= 11 is 0. The molecule has 6 heteroatoms. The number of piperazine rings is 1. The molecule has 1 fully saturated rings. The number of aromatic nitrogens is 1. The van der Waals surface area contributed by atoms with Gasteiger partial charge in [-0.2, -0.15) is 0 Å². The first-order chi connectivity index (χ1) is 11.6. The van der Waals surface area contributed by atoms with Gasteiger partial charge in [-0.05, 0) is 30.5 Å². The van der Waals surface area contributed by atoms with Crippen LogP contribution in [0.5, 0.6) is 0 Å². The molecular weight excluding hydrogens is 322 g/mol. The van der Waals surface area contributed by atoms with E-state index in [0.717, 1.165) is 56.2 Å². The zero-order chi connectivity index (χ0) is 16.7. The van der Waals surface area contributed by atoms with E-state index in [1.54, 1.807) is 6.20 Å². The van der Waals surface area contributed by atoms with Gasteiger partial charge in [-0.25, -0.2) is 12.4 Å². The molecular formula is C18H25N3O2S. The van der Waals surface area contributed by atoms with Crippen molar-refractivity contribution in [2.75, 3.05) is 30.3 Å². The summed E-state index contributed by atoms with van der Waals surface area (Å²) in [4.78, 5) is 2.46. The van der Waals surface area contributed by atoms with E-state index in [9.17, 15) is 8.42 Å². The minimum absolute atomic E-state index is 0.220. The molecule has 1 aromatic heterocycles. The first-order valence-electron chi connectivity index (χ1n) is 8.95. The van der Waals surface area contributed by atoms with Crippen molar-refractivity contribution in [3.05, 3.63) is 30.0 Å². The largest absolute Gasteiger partial charge is 0.365 e. The van der Waals surface area contributed by atoms with E-state index in [4.69, 9.17) is 0 Å². The summed E-state index contributed by atoms with van der Waals surface area (Å²) in [7, 11) is -3.28. The monoisotopic (exact) mass is 347 g/mol. The van der Waals surface area contributed by atoms with Gasteiger partial charge in [0.25, 0.3) is 0 Å². The second-order valence-electron chi connectivity index (χ2n) is 6.90. The van der Waals surface area contributed by atoms with Crippen molar-refractivity contribution in [1.82, 2.24) is 9.29 Å². The Morgan fingerprint density at radius 3 is 2.96 bits per heavy atom. The lowest BCUT2D eigenvalue weighted by Gasteiger charge is -2.33. The molecule has 0 radical (unpaired) electrons. The van der Waals surface area contributed by atoms with Crippen LogP contribution in [0.15, 0.2) is 24.4 Å². The van der Waals surface area contributed by atoms with Gasteiger partial charge in [-0.15, -0.1) is 0 Å². The van der Waals surface area contributed by atoms with Gasteiger partial charge in [0.1, 0.15) is 0 Å². The Balaban J connectivity index is 1.74. The quantitative estimate of drug-likeness (QED) is 0.844. The van der Waals surface area contributed by atoms with E-state index in [2.05, 4.69) is 23.2 Å². The fourth-order valence-corrected chi connectivity index (χ4v) is 5.56. The molecule has 1 unspecified atom stereocenters. The predicted molar refractivity (Wildman–Crippen MR) is 98.4 cm³/mol. The molecule has 4 rings (SSSR count). The van der Waals surface area contributed by atoms with Crippen LogP contribution in [-0.4, -0.2) is 43.8 Å². The highest BCUT2D eigenvalue weighted by Crippen LogP contribution is 2.39. The van der Waals surface area contributed by atoms with Gasteiger partial charge in [0.15, 0.2) is 0 Å². The maximum atomic E-state index is 12.7. The van der Waals surface area contributed by atoms with Gasteiger partial charge in [0, 0.05) is 42.9 Å². The molecule has 0 bridgehead atoms. The third-order valence-corrected chi connectivity index (χ3v) is 7.01. The van der Waals surface area contributed by atoms with Gasteiger partial charge in [-0.3, -0.25) is 0 Å².